The molecule has 2 heterocycles. The third-order valence-electron chi connectivity index (χ3n) is 5.37. The first kappa shape index (κ1) is 22.3. The predicted molar refractivity (Wildman–Crippen MR) is 111 cm³/mol. The Balaban J connectivity index is 2.07. The van der Waals surface area contributed by atoms with Crippen LogP contribution in [-0.2, 0) is 15.0 Å². The predicted octanol–water partition coefficient (Wildman–Crippen LogP) is 3.84. The van der Waals surface area contributed by atoms with Gasteiger partial charge in [-0.05, 0) is 29.2 Å². The van der Waals surface area contributed by atoms with Crippen molar-refractivity contribution in [2.75, 3.05) is 11.4 Å². The number of carbonyl (C=O) groups excluding carboxylic acids is 2. The van der Waals surface area contributed by atoms with Gasteiger partial charge in [0.1, 0.15) is 18.4 Å². The van der Waals surface area contributed by atoms with Crippen molar-refractivity contribution in [3.05, 3.63) is 59.9 Å². The lowest BCUT2D eigenvalue weighted by Crippen LogP contribution is -2.46. The topological polar surface area (TPSA) is 77.3 Å². The molecule has 1 aromatic carbocycles. The number of alkyl halides is 2. The number of amides is 1. The van der Waals surface area contributed by atoms with Gasteiger partial charge in [-0.2, -0.15) is 5.26 Å². The van der Waals surface area contributed by atoms with E-state index in [1.54, 1.807) is 30.5 Å². The van der Waals surface area contributed by atoms with E-state index in [0.29, 0.717) is 17.5 Å². The molecule has 1 amide bonds. The Hall–Kier alpha value is -3.34. The van der Waals surface area contributed by atoms with Crippen molar-refractivity contribution in [2.45, 2.75) is 50.6 Å². The van der Waals surface area contributed by atoms with Gasteiger partial charge in [0, 0.05) is 30.1 Å². The van der Waals surface area contributed by atoms with Crippen LogP contribution in [0.5, 0.6) is 0 Å². The molecule has 8 heteroatoms. The number of hydrogen-bond acceptors (Lipinski definition) is 5. The first-order valence-electron chi connectivity index (χ1n) is 9.90. The standard InChI is InChI=1S/C23H24F2N4O2/c1-22(2,3)17-6-8-18(9-7-17)29(20(13-30)16-5-4-10-27-12-16)21(31)19-11-23(24,25)14-28(19)15-26/h4-10,12-13,19-20H,11,14H2,1-3H3. The summed E-state index contributed by atoms with van der Waals surface area (Å²) in [6.07, 6.45) is 4.47. The molecule has 0 radical (unpaired) electrons. The SMILES string of the molecule is CC(C)(C)c1ccc(N(C(=O)C2CC(F)(F)CN2C#N)C(C=O)c2cccnc2)cc1. The number of hydrogen-bond donors (Lipinski definition) is 0. The fourth-order valence-electron chi connectivity index (χ4n) is 3.69. The minimum atomic E-state index is -3.16. The molecule has 2 atom stereocenters. The summed E-state index contributed by atoms with van der Waals surface area (Å²) in [4.78, 5) is 31.6. The monoisotopic (exact) mass is 426 g/mol. The summed E-state index contributed by atoms with van der Waals surface area (Å²) in [5, 5.41) is 9.30. The highest BCUT2D eigenvalue weighted by molar-refractivity contribution is 6.01. The Kier molecular flexibility index (Phi) is 6.07. The molecular formula is C23H24F2N4O2. The molecule has 0 spiro atoms. The maximum Gasteiger partial charge on any atom is 0.268 e. The summed E-state index contributed by atoms with van der Waals surface area (Å²) in [5.74, 6) is -3.90. The molecule has 162 valence electrons. The van der Waals surface area contributed by atoms with Crippen LogP contribution in [0.4, 0.5) is 14.5 Å². The Morgan fingerprint density at radius 2 is 2.00 bits per heavy atom. The number of aromatic nitrogens is 1. The summed E-state index contributed by atoms with van der Waals surface area (Å²) >= 11 is 0. The van der Waals surface area contributed by atoms with Gasteiger partial charge in [-0.15, -0.1) is 0 Å². The largest absolute Gasteiger partial charge is 0.301 e. The average Bonchev–Trinajstić information content (AvgIpc) is 3.06. The van der Waals surface area contributed by atoms with Gasteiger partial charge in [-0.1, -0.05) is 39.0 Å². The number of pyridine rings is 1. The number of carbonyl (C=O) groups is 2. The van der Waals surface area contributed by atoms with E-state index in [0.717, 1.165) is 10.5 Å². The summed E-state index contributed by atoms with van der Waals surface area (Å²) in [6, 6.07) is 7.89. The Labute approximate surface area is 180 Å². The number of halogens is 2. The lowest BCUT2D eigenvalue weighted by Gasteiger charge is -2.32. The summed E-state index contributed by atoms with van der Waals surface area (Å²) < 4.78 is 28.0. The molecule has 0 bridgehead atoms. The van der Waals surface area contributed by atoms with Crippen molar-refractivity contribution in [3.8, 4) is 6.19 Å². The lowest BCUT2D eigenvalue weighted by atomic mass is 9.87. The van der Waals surface area contributed by atoms with Crippen LogP contribution in [0.25, 0.3) is 0 Å². The second-order valence-corrected chi connectivity index (χ2v) is 8.68. The number of aldehydes is 1. The lowest BCUT2D eigenvalue weighted by molar-refractivity contribution is -0.124. The highest BCUT2D eigenvalue weighted by atomic mass is 19.3. The second kappa shape index (κ2) is 8.42. The fourth-order valence-corrected chi connectivity index (χ4v) is 3.69. The molecule has 1 saturated heterocycles. The number of benzene rings is 1. The van der Waals surface area contributed by atoms with Gasteiger partial charge >= 0.3 is 0 Å². The van der Waals surface area contributed by atoms with Gasteiger partial charge in [-0.3, -0.25) is 19.6 Å². The van der Waals surface area contributed by atoms with E-state index in [9.17, 15) is 23.6 Å². The molecule has 1 aromatic heterocycles. The minimum absolute atomic E-state index is 0.133. The van der Waals surface area contributed by atoms with Crippen LogP contribution < -0.4 is 4.90 Å². The molecule has 3 rings (SSSR count). The molecule has 1 aliphatic heterocycles. The van der Waals surface area contributed by atoms with Crippen molar-refractivity contribution in [3.63, 3.8) is 0 Å². The van der Waals surface area contributed by atoms with Crippen molar-refractivity contribution in [1.82, 2.24) is 9.88 Å². The van der Waals surface area contributed by atoms with Gasteiger partial charge in [0.15, 0.2) is 6.19 Å². The summed E-state index contributed by atoms with van der Waals surface area (Å²) in [6.45, 7) is 5.30. The normalized spacial score (nSPS) is 18.8. The van der Waals surface area contributed by atoms with Gasteiger partial charge in [0.05, 0.1) is 6.54 Å². The van der Waals surface area contributed by atoms with Crippen molar-refractivity contribution in [1.29, 1.82) is 5.26 Å². The molecule has 31 heavy (non-hydrogen) atoms. The molecule has 6 nitrogen and oxygen atoms in total. The highest BCUT2D eigenvalue weighted by Gasteiger charge is 2.50. The van der Waals surface area contributed by atoms with Crippen molar-refractivity contribution >= 4 is 17.9 Å². The molecule has 2 unspecified atom stereocenters. The first-order chi connectivity index (χ1) is 14.6. The van der Waals surface area contributed by atoms with E-state index >= 15 is 0 Å². The zero-order chi connectivity index (χ0) is 22.8. The molecule has 0 N–H and O–H groups in total. The first-order valence-corrected chi connectivity index (χ1v) is 9.90. The average molecular weight is 426 g/mol. The van der Waals surface area contributed by atoms with Crippen LogP contribution >= 0.6 is 0 Å². The van der Waals surface area contributed by atoms with Crippen LogP contribution in [0, 0.1) is 11.5 Å². The van der Waals surface area contributed by atoms with Gasteiger partial charge in [0.25, 0.3) is 11.8 Å². The second-order valence-electron chi connectivity index (χ2n) is 8.68. The highest BCUT2D eigenvalue weighted by Crippen LogP contribution is 2.36. The summed E-state index contributed by atoms with van der Waals surface area (Å²) in [7, 11) is 0. The molecule has 0 aliphatic carbocycles. The molecule has 2 aromatic rings. The van der Waals surface area contributed by atoms with E-state index in [-0.39, 0.29) is 5.41 Å². The minimum Gasteiger partial charge on any atom is -0.301 e. The fraction of sp³-hybridized carbons (Fsp3) is 0.391. The Bertz CT molecular complexity index is 981. The Morgan fingerprint density at radius 3 is 2.52 bits per heavy atom. The maximum atomic E-state index is 14.0. The van der Waals surface area contributed by atoms with Crippen LogP contribution in [0.1, 0.15) is 44.4 Å². The van der Waals surface area contributed by atoms with Crippen LogP contribution in [0.3, 0.4) is 0 Å². The molecular weight excluding hydrogens is 402 g/mol. The van der Waals surface area contributed by atoms with Crippen LogP contribution in [-0.4, -0.2) is 40.6 Å². The summed E-state index contributed by atoms with van der Waals surface area (Å²) in [5.41, 5.74) is 1.70. The zero-order valence-corrected chi connectivity index (χ0v) is 17.6. The zero-order valence-electron chi connectivity index (χ0n) is 17.6. The van der Waals surface area contributed by atoms with E-state index in [1.165, 1.54) is 17.3 Å². The number of nitriles is 1. The molecule has 1 aliphatic rings. The van der Waals surface area contributed by atoms with Gasteiger partial charge in [-0.25, -0.2) is 8.78 Å². The van der Waals surface area contributed by atoms with E-state index < -0.39 is 36.9 Å². The third-order valence-corrected chi connectivity index (χ3v) is 5.37. The van der Waals surface area contributed by atoms with E-state index in [2.05, 4.69) is 4.98 Å². The third kappa shape index (κ3) is 4.71. The molecule has 1 fully saturated rings. The van der Waals surface area contributed by atoms with E-state index in [4.69, 9.17) is 0 Å². The quantitative estimate of drug-likeness (QED) is 0.536. The number of anilines is 1. The van der Waals surface area contributed by atoms with Gasteiger partial charge < -0.3 is 4.79 Å². The van der Waals surface area contributed by atoms with Crippen molar-refractivity contribution < 1.29 is 18.4 Å². The smallest absolute Gasteiger partial charge is 0.268 e. The number of likely N-dealkylation sites (tertiary alicyclic amines) is 1. The molecule has 0 saturated carbocycles. The van der Waals surface area contributed by atoms with Gasteiger partial charge in [0.2, 0.25) is 0 Å². The Morgan fingerprint density at radius 1 is 1.32 bits per heavy atom. The van der Waals surface area contributed by atoms with Crippen LogP contribution in [0.2, 0.25) is 0 Å². The number of nitrogens with zero attached hydrogens (tertiary/aromatic N) is 4. The maximum absolute atomic E-state index is 14.0. The van der Waals surface area contributed by atoms with Crippen molar-refractivity contribution in [2.24, 2.45) is 0 Å². The van der Waals surface area contributed by atoms with Crippen LogP contribution in [0.15, 0.2) is 48.8 Å². The number of rotatable bonds is 5. The van der Waals surface area contributed by atoms with E-state index in [1.807, 2.05) is 32.9 Å².